The molecule has 0 spiro atoms. The Bertz CT molecular complexity index is 600. The van der Waals surface area contributed by atoms with Crippen LogP contribution in [0.4, 0.5) is 0 Å². The summed E-state index contributed by atoms with van der Waals surface area (Å²) in [7, 11) is 0. The Morgan fingerprint density at radius 3 is 2.68 bits per heavy atom. The van der Waals surface area contributed by atoms with Gasteiger partial charge in [-0.3, -0.25) is 9.69 Å². The number of carbonyl (C=O) groups is 1. The van der Waals surface area contributed by atoms with Crippen LogP contribution in [0.25, 0.3) is 0 Å². The number of piperidine rings is 1. The molecule has 0 aromatic heterocycles. The molecule has 25 heavy (non-hydrogen) atoms. The molecule has 2 fully saturated rings. The molecule has 0 radical (unpaired) electrons. The number of fused-ring (bicyclic) bond motifs is 3. The van der Waals surface area contributed by atoms with E-state index in [1.165, 1.54) is 56.2 Å². The van der Waals surface area contributed by atoms with E-state index < -0.39 is 0 Å². The summed E-state index contributed by atoms with van der Waals surface area (Å²) in [6.07, 6.45) is 9.61. The van der Waals surface area contributed by atoms with Crippen LogP contribution in [0.3, 0.4) is 0 Å². The molecule has 2 saturated heterocycles. The first kappa shape index (κ1) is 17.1. The van der Waals surface area contributed by atoms with Gasteiger partial charge in [0, 0.05) is 30.5 Å². The molecule has 2 aliphatic heterocycles. The molecule has 1 amide bonds. The molecule has 1 aromatic carbocycles. The van der Waals surface area contributed by atoms with Crippen molar-refractivity contribution in [3.8, 4) is 0 Å². The van der Waals surface area contributed by atoms with E-state index in [4.69, 9.17) is 0 Å². The van der Waals surface area contributed by atoms with Gasteiger partial charge in [-0.05, 0) is 69.0 Å². The first-order chi connectivity index (χ1) is 12.3. The average molecular weight is 341 g/mol. The molecule has 2 bridgehead atoms. The molecule has 1 N–H and O–H groups in total. The number of hydrogen-bond donors (Lipinski definition) is 1. The fraction of sp³-hybridized carbons (Fsp3) is 0.682. The summed E-state index contributed by atoms with van der Waals surface area (Å²) in [4.78, 5) is 15.5. The molecular weight excluding hydrogens is 308 g/mol. The quantitative estimate of drug-likeness (QED) is 0.882. The van der Waals surface area contributed by atoms with Crippen molar-refractivity contribution in [1.29, 1.82) is 0 Å². The summed E-state index contributed by atoms with van der Waals surface area (Å²) in [6, 6.07) is 10.1. The number of nitrogens with zero attached hydrogens (tertiary/aromatic N) is 1. The second-order valence-corrected chi connectivity index (χ2v) is 8.32. The molecule has 1 aliphatic carbocycles. The minimum absolute atomic E-state index is 0.240. The van der Waals surface area contributed by atoms with E-state index in [1.807, 2.05) is 0 Å². The Balaban J connectivity index is 1.33. The van der Waals surface area contributed by atoms with Crippen LogP contribution in [0.15, 0.2) is 24.3 Å². The molecule has 0 saturated carbocycles. The van der Waals surface area contributed by atoms with Gasteiger partial charge < -0.3 is 5.32 Å². The lowest BCUT2D eigenvalue weighted by atomic mass is 9.82. The van der Waals surface area contributed by atoms with Crippen LogP contribution in [0.2, 0.25) is 0 Å². The molecule has 3 heteroatoms. The largest absolute Gasteiger partial charge is 0.355 e. The number of nitrogens with one attached hydrogen (secondary N) is 1. The zero-order valence-electron chi connectivity index (χ0n) is 15.5. The minimum atomic E-state index is 0.240. The number of hydrogen-bond acceptors (Lipinski definition) is 2. The molecule has 1 aromatic rings. The average Bonchev–Trinajstić information content (AvgIpc) is 2.88. The highest BCUT2D eigenvalue weighted by atomic mass is 16.1. The van der Waals surface area contributed by atoms with Crippen molar-refractivity contribution < 1.29 is 4.79 Å². The zero-order valence-corrected chi connectivity index (χ0v) is 15.5. The van der Waals surface area contributed by atoms with Crippen molar-refractivity contribution >= 4 is 5.91 Å². The highest BCUT2D eigenvalue weighted by molar-refractivity contribution is 5.79. The van der Waals surface area contributed by atoms with Crippen LogP contribution in [0.5, 0.6) is 0 Å². The maximum absolute atomic E-state index is 12.8. The van der Waals surface area contributed by atoms with Gasteiger partial charge >= 0.3 is 0 Å². The third kappa shape index (κ3) is 3.48. The number of amides is 1. The molecule has 136 valence electrons. The fourth-order valence-electron chi connectivity index (χ4n) is 5.55. The maximum atomic E-state index is 12.8. The minimum Gasteiger partial charge on any atom is -0.355 e. The summed E-state index contributed by atoms with van der Waals surface area (Å²) in [5, 5.41) is 3.32. The van der Waals surface area contributed by atoms with E-state index in [0.717, 1.165) is 19.4 Å². The second kappa shape index (κ2) is 7.49. The molecule has 3 nitrogen and oxygen atoms in total. The number of carbonyl (C=O) groups excluding carboxylic acids is 1. The van der Waals surface area contributed by atoms with Crippen molar-refractivity contribution in [2.75, 3.05) is 13.1 Å². The Morgan fingerprint density at radius 1 is 1.16 bits per heavy atom. The van der Waals surface area contributed by atoms with E-state index in [0.29, 0.717) is 23.9 Å². The van der Waals surface area contributed by atoms with E-state index in [9.17, 15) is 4.79 Å². The van der Waals surface area contributed by atoms with Gasteiger partial charge in [-0.1, -0.05) is 31.2 Å². The number of benzene rings is 1. The third-order valence-corrected chi connectivity index (χ3v) is 6.75. The molecule has 4 rings (SSSR count). The van der Waals surface area contributed by atoms with Crippen LogP contribution >= 0.6 is 0 Å². The maximum Gasteiger partial charge on any atom is 0.223 e. The Labute approximate surface area is 152 Å². The van der Waals surface area contributed by atoms with Crippen molar-refractivity contribution in [3.05, 3.63) is 35.4 Å². The van der Waals surface area contributed by atoms with Crippen molar-refractivity contribution in [3.63, 3.8) is 0 Å². The molecular formula is C22H32N2O. The first-order valence-corrected chi connectivity index (χ1v) is 10.4. The summed E-state index contributed by atoms with van der Waals surface area (Å²) >= 11 is 0. The molecule has 2 heterocycles. The van der Waals surface area contributed by atoms with Gasteiger partial charge in [-0.15, -0.1) is 0 Å². The van der Waals surface area contributed by atoms with E-state index in [-0.39, 0.29) is 5.92 Å². The van der Waals surface area contributed by atoms with Crippen molar-refractivity contribution in [2.24, 2.45) is 5.92 Å². The summed E-state index contributed by atoms with van der Waals surface area (Å²) in [5.74, 6) is 1.06. The second-order valence-electron chi connectivity index (χ2n) is 8.32. The third-order valence-electron chi connectivity index (χ3n) is 6.75. The zero-order chi connectivity index (χ0) is 17.2. The first-order valence-electron chi connectivity index (χ1n) is 10.4. The molecule has 3 aliphatic rings. The van der Waals surface area contributed by atoms with E-state index in [1.54, 1.807) is 0 Å². The summed E-state index contributed by atoms with van der Waals surface area (Å²) in [6.45, 7) is 4.29. The monoisotopic (exact) mass is 340 g/mol. The van der Waals surface area contributed by atoms with Gasteiger partial charge in [0.15, 0.2) is 0 Å². The van der Waals surface area contributed by atoms with Gasteiger partial charge in [0.2, 0.25) is 5.91 Å². The van der Waals surface area contributed by atoms with Crippen LogP contribution < -0.4 is 5.32 Å². The van der Waals surface area contributed by atoms with E-state index >= 15 is 0 Å². The van der Waals surface area contributed by atoms with Crippen LogP contribution in [0.1, 0.15) is 68.9 Å². The topological polar surface area (TPSA) is 32.3 Å². The SMILES string of the molecule is CCCN1C2CCC1CC(C(=O)NCC1CCCc3ccccc31)C2. The van der Waals surface area contributed by atoms with E-state index in [2.05, 4.69) is 41.4 Å². The highest BCUT2D eigenvalue weighted by Crippen LogP contribution is 2.39. The smallest absolute Gasteiger partial charge is 0.223 e. The standard InChI is InChI=1S/C22H32N2O/c1-2-12-24-19-10-11-20(24)14-18(13-19)22(25)23-15-17-8-5-7-16-6-3-4-9-21(16)17/h3-4,6,9,17-20H,2,5,7-8,10-15H2,1H3,(H,23,25). The molecule has 3 atom stereocenters. The molecule has 3 unspecified atom stereocenters. The lowest BCUT2D eigenvalue weighted by Crippen LogP contribution is -2.47. The van der Waals surface area contributed by atoms with Crippen molar-refractivity contribution in [1.82, 2.24) is 10.2 Å². The highest BCUT2D eigenvalue weighted by Gasteiger charge is 2.42. The number of aryl methyl sites for hydroxylation is 1. The predicted octanol–water partition coefficient (Wildman–Crippen LogP) is 3.88. The van der Waals surface area contributed by atoms with Gasteiger partial charge in [-0.2, -0.15) is 0 Å². The van der Waals surface area contributed by atoms with Gasteiger partial charge in [0.1, 0.15) is 0 Å². The predicted molar refractivity (Wildman–Crippen MR) is 102 cm³/mol. The van der Waals surface area contributed by atoms with Crippen LogP contribution in [-0.4, -0.2) is 36.0 Å². The lowest BCUT2D eigenvalue weighted by Gasteiger charge is -2.38. The van der Waals surface area contributed by atoms with Crippen molar-refractivity contribution in [2.45, 2.75) is 76.3 Å². The summed E-state index contributed by atoms with van der Waals surface area (Å²) in [5.41, 5.74) is 2.95. The van der Waals surface area contributed by atoms with Gasteiger partial charge in [0.05, 0.1) is 0 Å². The van der Waals surface area contributed by atoms with Gasteiger partial charge in [-0.25, -0.2) is 0 Å². The summed E-state index contributed by atoms with van der Waals surface area (Å²) < 4.78 is 0. The number of rotatable bonds is 5. The normalized spacial score (nSPS) is 31.6. The fourth-order valence-corrected chi connectivity index (χ4v) is 5.55. The van der Waals surface area contributed by atoms with Crippen LogP contribution in [0, 0.1) is 5.92 Å². The van der Waals surface area contributed by atoms with Gasteiger partial charge in [0.25, 0.3) is 0 Å². The Kier molecular flexibility index (Phi) is 5.12. The van der Waals surface area contributed by atoms with Crippen LogP contribution in [-0.2, 0) is 11.2 Å². The Morgan fingerprint density at radius 2 is 1.92 bits per heavy atom. The lowest BCUT2D eigenvalue weighted by molar-refractivity contribution is -0.127. The Hall–Kier alpha value is -1.35.